The molecule has 1 aliphatic heterocycles. The van der Waals surface area contributed by atoms with Crippen LogP contribution in [0.15, 0.2) is 30.3 Å². The number of hydrogen-bond acceptors (Lipinski definition) is 4. The van der Waals surface area contributed by atoms with Crippen molar-refractivity contribution in [3.8, 4) is 0 Å². The molecule has 1 fully saturated rings. The van der Waals surface area contributed by atoms with Gasteiger partial charge in [-0.15, -0.1) is 0 Å². The van der Waals surface area contributed by atoms with E-state index >= 15 is 0 Å². The molecule has 2 amide bonds. The first-order valence-corrected chi connectivity index (χ1v) is 7.08. The van der Waals surface area contributed by atoms with Crippen LogP contribution < -0.4 is 4.90 Å². The van der Waals surface area contributed by atoms with E-state index in [0.29, 0.717) is 26.2 Å². The van der Waals surface area contributed by atoms with Crippen molar-refractivity contribution in [2.45, 2.75) is 0 Å². The zero-order valence-corrected chi connectivity index (χ0v) is 12.2. The van der Waals surface area contributed by atoms with Gasteiger partial charge in [-0.3, -0.25) is 9.59 Å². The maximum atomic E-state index is 12.1. The van der Waals surface area contributed by atoms with Crippen LogP contribution >= 0.6 is 0 Å². The van der Waals surface area contributed by atoms with Gasteiger partial charge in [0.2, 0.25) is 0 Å². The molecular weight excluding hydrogens is 270 g/mol. The van der Waals surface area contributed by atoms with E-state index in [1.807, 2.05) is 30.3 Å². The normalized spacial score (nSPS) is 15.0. The highest BCUT2D eigenvalue weighted by atomic mass is 16.3. The lowest BCUT2D eigenvalue weighted by Crippen LogP contribution is -2.53. The van der Waals surface area contributed by atoms with Crippen LogP contribution in [0.2, 0.25) is 0 Å². The molecule has 6 nitrogen and oxygen atoms in total. The molecule has 0 atom stereocenters. The quantitative estimate of drug-likeness (QED) is 0.783. The second kappa shape index (κ2) is 7.08. The van der Waals surface area contributed by atoms with E-state index in [0.717, 1.165) is 5.69 Å². The van der Waals surface area contributed by atoms with E-state index in [1.54, 1.807) is 4.90 Å². The minimum Gasteiger partial charge on any atom is -0.395 e. The van der Waals surface area contributed by atoms with Gasteiger partial charge in [-0.05, 0) is 12.1 Å². The van der Waals surface area contributed by atoms with Gasteiger partial charge in [-0.2, -0.15) is 0 Å². The van der Waals surface area contributed by atoms with E-state index in [1.165, 1.54) is 11.9 Å². The molecule has 0 unspecified atom stereocenters. The summed E-state index contributed by atoms with van der Waals surface area (Å²) in [7, 11) is 1.52. The average molecular weight is 291 g/mol. The first-order chi connectivity index (χ1) is 10.1. The maximum absolute atomic E-state index is 12.1. The summed E-state index contributed by atoms with van der Waals surface area (Å²) in [4.78, 5) is 29.0. The lowest BCUT2D eigenvalue weighted by molar-refractivity contribution is -0.151. The smallest absolute Gasteiger partial charge is 0.312 e. The summed E-state index contributed by atoms with van der Waals surface area (Å²) in [6, 6.07) is 10.0. The first kappa shape index (κ1) is 15.3. The number of anilines is 1. The number of para-hydroxylation sites is 1. The summed E-state index contributed by atoms with van der Waals surface area (Å²) in [6.07, 6.45) is 0. The summed E-state index contributed by atoms with van der Waals surface area (Å²) < 4.78 is 0. The molecule has 0 radical (unpaired) electrons. The van der Waals surface area contributed by atoms with Crippen LogP contribution in [0.25, 0.3) is 0 Å². The molecule has 1 heterocycles. The van der Waals surface area contributed by atoms with Crippen LogP contribution in [-0.2, 0) is 9.59 Å². The Bertz CT molecular complexity index is 484. The molecule has 6 heteroatoms. The Morgan fingerprint density at radius 1 is 1.14 bits per heavy atom. The van der Waals surface area contributed by atoms with Gasteiger partial charge in [0.25, 0.3) is 0 Å². The van der Waals surface area contributed by atoms with Crippen molar-refractivity contribution in [3.63, 3.8) is 0 Å². The van der Waals surface area contributed by atoms with Crippen molar-refractivity contribution in [3.05, 3.63) is 30.3 Å². The fourth-order valence-electron chi connectivity index (χ4n) is 2.36. The molecule has 1 aromatic carbocycles. The number of piperazine rings is 1. The highest BCUT2D eigenvalue weighted by molar-refractivity contribution is 6.34. The topological polar surface area (TPSA) is 64.1 Å². The Morgan fingerprint density at radius 2 is 1.76 bits per heavy atom. The summed E-state index contributed by atoms with van der Waals surface area (Å²) in [6.45, 7) is 2.53. The van der Waals surface area contributed by atoms with Gasteiger partial charge in [-0.1, -0.05) is 18.2 Å². The molecule has 0 aliphatic carbocycles. The van der Waals surface area contributed by atoms with Crippen molar-refractivity contribution < 1.29 is 14.7 Å². The number of aliphatic hydroxyl groups is 1. The van der Waals surface area contributed by atoms with Gasteiger partial charge in [-0.25, -0.2) is 0 Å². The van der Waals surface area contributed by atoms with Crippen LogP contribution in [0, 0.1) is 0 Å². The first-order valence-electron chi connectivity index (χ1n) is 7.08. The Morgan fingerprint density at radius 3 is 2.33 bits per heavy atom. The zero-order valence-electron chi connectivity index (χ0n) is 12.2. The van der Waals surface area contributed by atoms with Gasteiger partial charge in [0.15, 0.2) is 0 Å². The molecular formula is C15H21N3O3. The van der Waals surface area contributed by atoms with E-state index in [2.05, 4.69) is 4.90 Å². The van der Waals surface area contributed by atoms with Crippen molar-refractivity contribution in [2.75, 3.05) is 51.3 Å². The highest BCUT2D eigenvalue weighted by Gasteiger charge is 2.27. The summed E-state index contributed by atoms with van der Waals surface area (Å²) >= 11 is 0. The largest absolute Gasteiger partial charge is 0.395 e. The van der Waals surface area contributed by atoms with E-state index < -0.39 is 11.8 Å². The third-order valence-corrected chi connectivity index (χ3v) is 3.65. The minimum atomic E-state index is -0.558. The van der Waals surface area contributed by atoms with Crippen LogP contribution in [0.4, 0.5) is 5.69 Å². The number of carbonyl (C=O) groups excluding carboxylic acids is 2. The fraction of sp³-hybridized carbons (Fsp3) is 0.467. The third-order valence-electron chi connectivity index (χ3n) is 3.65. The van der Waals surface area contributed by atoms with Gasteiger partial charge in [0, 0.05) is 45.5 Å². The predicted octanol–water partition coefficient (Wildman–Crippen LogP) is -0.214. The molecule has 2 rings (SSSR count). The highest BCUT2D eigenvalue weighted by Crippen LogP contribution is 2.15. The molecule has 1 aromatic rings. The number of amides is 2. The Labute approximate surface area is 124 Å². The van der Waals surface area contributed by atoms with Crippen LogP contribution in [0.5, 0.6) is 0 Å². The van der Waals surface area contributed by atoms with Crippen LogP contribution in [0.1, 0.15) is 0 Å². The molecule has 21 heavy (non-hydrogen) atoms. The molecule has 0 bridgehead atoms. The molecule has 0 spiro atoms. The fourth-order valence-corrected chi connectivity index (χ4v) is 2.36. The van der Waals surface area contributed by atoms with Crippen molar-refractivity contribution in [2.24, 2.45) is 0 Å². The molecule has 1 aliphatic rings. The summed E-state index contributed by atoms with van der Waals surface area (Å²) in [5, 5.41) is 8.81. The van der Waals surface area contributed by atoms with E-state index in [-0.39, 0.29) is 13.2 Å². The van der Waals surface area contributed by atoms with Gasteiger partial charge < -0.3 is 19.8 Å². The van der Waals surface area contributed by atoms with Crippen LogP contribution in [0.3, 0.4) is 0 Å². The van der Waals surface area contributed by atoms with Crippen molar-refractivity contribution >= 4 is 17.5 Å². The van der Waals surface area contributed by atoms with Crippen molar-refractivity contribution in [1.82, 2.24) is 9.80 Å². The maximum Gasteiger partial charge on any atom is 0.312 e. The Kier molecular flexibility index (Phi) is 5.16. The molecule has 1 N–H and O–H groups in total. The number of rotatable bonds is 3. The third kappa shape index (κ3) is 3.72. The number of nitrogens with zero attached hydrogens (tertiary/aromatic N) is 3. The van der Waals surface area contributed by atoms with Crippen molar-refractivity contribution in [1.29, 1.82) is 0 Å². The van der Waals surface area contributed by atoms with Gasteiger partial charge in [0.1, 0.15) is 0 Å². The number of likely N-dealkylation sites (N-methyl/N-ethyl adjacent to an activating group) is 1. The zero-order chi connectivity index (χ0) is 15.2. The second-order valence-corrected chi connectivity index (χ2v) is 5.07. The average Bonchev–Trinajstić information content (AvgIpc) is 2.54. The Balaban J connectivity index is 1.89. The standard InChI is InChI=1S/C15H21N3O3/c1-16(11-12-19)14(20)15(21)18-9-7-17(8-10-18)13-5-3-2-4-6-13/h2-6,19H,7-12H2,1H3. The number of carbonyl (C=O) groups is 2. The number of aliphatic hydroxyl groups excluding tert-OH is 1. The van der Waals surface area contributed by atoms with E-state index in [9.17, 15) is 9.59 Å². The second-order valence-electron chi connectivity index (χ2n) is 5.07. The molecule has 0 saturated carbocycles. The SMILES string of the molecule is CN(CCO)C(=O)C(=O)N1CCN(c2ccccc2)CC1. The summed E-state index contributed by atoms with van der Waals surface area (Å²) in [5.74, 6) is -1.05. The number of benzene rings is 1. The molecule has 0 aromatic heterocycles. The lowest BCUT2D eigenvalue weighted by Gasteiger charge is -2.36. The lowest BCUT2D eigenvalue weighted by atomic mass is 10.2. The van der Waals surface area contributed by atoms with Gasteiger partial charge >= 0.3 is 11.8 Å². The van der Waals surface area contributed by atoms with Gasteiger partial charge in [0.05, 0.1) is 6.61 Å². The number of hydrogen-bond donors (Lipinski definition) is 1. The Hall–Kier alpha value is -2.08. The minimum absolute atomic E-state index is 0.142. The predicted molar refractivity (Wildman–Crippen MR) is 80.0 cm³/mol. The summed E-state index contributed by atoms with van der Waals surface area (Å²) in [5.41, 5.74) is 1.13. The monoisotopic (exact) mass is 291 g/mol. The van der Waals surface area contributed by atoms with Crippen LogP contribution in [-0.4, -0.2) is 73.1 Å². The van der Waals surface area contributed by atoms with E-state index in [4.69, 9.17) is 5.11 Å². The molecule has 1 saturated heterocycles. The molecule has 114 valence electrons.